The molecule has 4 heteroatoms. The molecule has 0 aromatic rings. The number of carboxylic acids is 1. The minimum atomic E-state index is -0.757. The number of rotatable bonds is 9. The monoisotopic (exact) mass is 230 g/mol. The van der Waals surface area contributed by atoms with Crippen molar-refractivity contribution in [1.29, 1.82) is 0 Å². The lowest BCUT2D eigenvalue weighted by molar-refractivity contribution is -0.137. The lowest BCUT2D eigenvalue weighted by Gasteiger charge is -1.92. The number of aliphatic hydroxyl groups excluding tert-OH is 1. The first-order valence-electron chi connectivity index (χ1n) is 5.31. The first kappa shape index (κ1) is 17.3. The zero-order valence-corrected chi connectivity index (χ0v) is 9.73. The second-order valence-corrected chi connectivity index (χ2v) is 3.04. The molecule has 0 fully saturated rings. The average Bonchev–Trinajstić information content (AvgIpc) is 2.26. The highest BCUT2D eigenvalue weighted by molar-refractivity contribution is 5.66. The molecule has 0 heterocycles. The van der Waals surface area contributed by atoms with Gasteiger partial charge in [0.05, 0.1) is 13.2 Å². The molecule has 0 aromatic heterocycles. The van der Waals surface area contributed by atoms with Crippen molar-refractivity contribution < 1.29 is 19.7 Å². The van der Waals surface area contributed by atoms with Crippen LogP contribution < -0.4 is 0 Å². The van der Waals surface area contributed by atoms with Crippen LogP contribution in [0.1, 0.15) is 25.7 Å². The van der Waals surface area contributed by atoms with Crippen LogP contribution in [0.25, 0.3) is 0 Å². The summed E-state index contributed by atoms with van der Waals surface area (Å²) < 4.78 is 4.90. The normalized spacial score (nSPS) is 8.81. The van der Waals surface area contributed by atoms with Crippen molar-refractivity contribution in [3.63, 3.8) is 0 Å². The van der Waals surface area contributed by atoms with E-state index < -0.39 is 5.97 Å². The summed E-state index contributed by atoms with van der Waals surface area (Å²) >= 11 is 0. The molecule has 0 spiro atoms. The van der Waals surface area contributed by atoms with Crippen molar-refractivity contribution in [1.82, 2.24) is 0 Å². The molecule has 16 heavy (non-hydrogen) atoms. The zero-order chi connectivity index (χ0) is 12.6. The molecule has 0 rings (SSSR count). The predicted molar refractivity (Wildman–Crippen MR) is 64.4 cm³/mol. The lowest BCUT2D eigenvalue weighted by atomic mass is 10.2. The van der Waals surface area contributed by atoms with E-state index in [1.807, 2.05) is 0 Å². The quantitative estimate of drug-likeness (QED) is 0.469. The topological polar surface area (TPSA) is 66.8 Å². The van der Waals surface area contributed by atoms with Gasteiger partial charge in [0.25, 0.3) is 0 Å². The van der Waals surface area contributed by atoms with Crippen molar-refractivity contribution in [3.8, 4) is 0 Å². The van der Waals surface area contributed by atoms with Gasteiger partial charge in [-0.1, -0.05) is 18.6 Å². The number of unbranched alkanes of at least 4 members (excludes halogenated alkanes) is 2. The number of aliphatic carboxylic acids is 1. The van der Waals surface area contributed by atoms with E-state index in [4.69, 9.17) is 14.9 Å². The Kier molecular flexibility index (Phi) is 17.6. The van der Waals surface area contributed by atoms with E-state index in [9.17, 15) is 4.79 Å². The molecule has 0 radical (unpaired) electrons. The van der Waals surface area contributed by atoms with Gasteiger partial charge in [0, 0.05) is 13.0 Å². The molecule has 0 aromatic carbocycles. The molecule has 2 N–H and O–H groups in total. The summed E-state index contributed by atoms with van der Waals surface area (Å²) in [7, 11) is 0. The van der Waals surface area contributed by atoms with Crippen LogP contribution in [0.4, 0.5) is 0 Å². The number of aliphatic hydroxyl groups is 1. The van der Waals surface area contributed by atoms with Gasteiger partial charge in [-0.05, 0) is 12.8 Å². The summed E-state index contributed by atoms with van der Waals surface area (Å²) in [4.78, 5) is 9.90. The van der Waals surface area contributed by atoms with Crippen LogP contribution in [0.5, 0.6) is 0 Å². The Balaban J connectivity index is 0. The number of carbonyl (C=O) groups is 1. The molecule has 0 saturated heterocycles. The van der Waals surface area contributed by atoms with Gasteiger partial charge in [-0.25, -0.2) is 0 Å². The second-order valence-electron chi connectivity index (χ2n) is 3.04. The fraction of sp³-hybridized carbons (Fsp3) is 0.583. The number of carboxylic acid groups (broad SMARTS) is 1. The van der Waals surface area contributed by atoms with Crippen LogP contribution in [0.3, 0.4) is 0 Å². The van der Waals surface area contributed by atoms with E-state index >= 15 is 0 Å². The fourth-order valence-electron chi connectivity index (χ4n) is 0.800. The Morgan fingerprint density at radius 3 is 2.06 bits per heavy atom. The van der Waals surface area contributed by atoms with Gasteiger partial charge in [0.1, 0.15) is 0 Å². The van der Waals surface area contributed by atoms with Gasteiger partial charge < -0.3 is 14.9 Å². The molecule has 0 aliphatic carbocycles. The SMILES string of the molecule is C=CCOCC=C.O=C(O)CCCCCO. The molecular formula is C12H22O4. The Labute approximate surface area is 97.2 Å². The van der Waals surface area contributed by atoms with E-state index in [0.29, 0.717) is 26.1 Å². The van der Waals surface area contributed by atoms with Gasteiger partial charge in [-0.15, -0.1) is 13.2 Å². The highest BCUT2D eigenvalue weighted by Gasteiger charge is 1.94. The van der Waals surface area contributed by atoms with Crippen molar-refractivity contribution in [2.75, 3.05) is 19.8 Å². The van der Waals surface area contributed by atoms with Gasteiger partial charge in [-0.2, -0.15) is 0 Å². The van der Waals surface area contributed by atoms with Crippen molar-refractivity contribution >= 4 is 5.97 Å². The van der Waals surface area contributed by atoms with Crippen LogP contribution in [0.2, 0.25) is 0 Å². The maximum Gasteiger partial charge on any atom is 0.303 e. The van der Waals surface area contributed by atoms with Gasteiger partial charge in [0.15, 0.2) is 0 Å². The van der Waals surface area contributed by atoms with Gasteiger partial charge >= 0.3 is 5.97 Å². The summed E-state index contributed by atoms with van der Waals surface area (Å²) in [5.41, 5.74) is 0. The summed E-state index contributed by atoms with van der Waals surface area (Å²) in [6, 6.07) is 0. The Hall–Kier alpha value is -1.13. The highest BCUT2D eigenvalue weighted by atomic mass is 16.5. The van der Waals surface area contributed by atoms with Crippen molar-refractivity contribution in [2.45, 2.75) is 25.7 Å². The van der Waals surface area contributed by atoms with Crippen LogP contribution in [0, 0.1) is 0 Å². The maximum atomic E-state index is 9.90. The molecule has 0 saturated carbocycles. The van der Waals surface area contributed by atoms with Crippen molar-refractivity contribution in [3.05, 3.63) is 25.3 Å². The average molecular weight is 230 g/mol. The van der Waals surface area contributed by atoms with E-state index in [0.717, 1.165) is 6.42 Å². The van der Waals surface area contributed by atoms with Crippen LogP contribution in [-0.4, -0.2) is 36.0 Å². The number of ether oxygens (including phenoxy) is 1. The molecule has 0 atom stereocenters. The third kappa shape index (κ3) is 23.0. The van der Waals surface area contributed by atoms with E-state index in [2.05, 4.69) is 13.2 Å². The molecule has 0 aliphatic rings. The van der Waals surface area contributed by atoms with Crippen LogP contribution in [-0.2, 0) is 9.53 Å². The molecule has 0 unspecified atom stereocenters. The number of hydrogen-bond acceptors (Lipinski definition) is 3. The van der Waals surface area contributed by atoms with Crippen LogP contribution in [0.15, 0.2) is 25.3 Å². The van der Waals surface area contributed by atoms with Crippen LogP contribution >= 0.6 is 0 Å². The summed E-state index contributed by atoms with van der Waals surface area (Å²) in [5, 5.41) is 16.4. The highest BCUT2D eigenvalue weighted by Crippen LogP contribution is 1.97. The Morgan fingerprint density at radius 1 is 1.12 bits per heavy atom. The Bertz CT molecular complexity index is 170. The maximum absolute atomic E-state index is 9.90. The molecule has 0 amide bonds. The minimum Gasteiger partial charge on any atom is -0.481 e. The smallest absolute Gasteiger partial charge is 0.303 e. The molecule has 0 bridgehead atoms. The first-order chi connectivity index (χ1) is 7.68. The number of hydrogen-bond donors (Lipinski definition) is 2. The standard InChI is InChI=1S/C6H12O3.C6H10O/c7-5-3-1-2-4-6(8)9;1-3-5-7-6-4-2/h7H,1-5H2,(H,8,9);3-4H,1-2,5-6H2. The van der Waals surface area contributed by atoms with Crippen molar-refractivity contribution in [2.24, 2.45) is 0 Å². The molecule has 94 valence electrons. The van der Waals surface area contributed by atoms with Gasteiger partial charge in [-0.3, -0.25) is 4.79 Å². The van der Waals surface area contributed by atoms with E-state index in [1.165, 1.54) is 0 Å². The summed E-state index contributed by atoms with van der Waals surface area (Å²) in [5.74, 6) is -0.757. The summed E-state index contributed by atoms with van der Waals surface area (Å²) in [6.45, 7) is 8.35. The summed E-state index contributed by atoms with van der Waals surface area (Å²) in [6.07, 6.45) is 5.85. The van der Waals surface area contributed by atoms with E-state index in [1.54, 1.807) is 12.2 Å². The molecule has 0 aliphatic heterocycles. The molecular weight excluding hydrogens is 208 g/mol. The predicted octanol–water partition coefficient (Wildman–Crippen LogP) is 2.00. The molecule has 4 nitrogen and oxygen atoms in total. The fourth-order valence-corrected chi connectivity index (χ4v) is 0.800. The third-order valence-electron chi connectivity index (χ3n) is 1.52. The van der Waals surface area contributed by atoms with Gasteiger partial charge in [0.2, 0.25) is 0 Å². The first-order valence-corrected chi connectivity index (χ1v) is 5.31. The minimum absolute atomic E-state index is 0.166. The second kappa shape index (κ2) is 16.3. The Morgan fingerprint density at radius 2 is 1.69 bits per heavy atom. The van der Waals surface area contributed by atoms with E-state index in [-0.39, 0.29) is 13.0 Å². The largest absolute Gasteiger partial charge is 0.481 e. The zero-order valence-electron chi connectivity index (χ0n) is 9.73. The lowest BCUT2D eigenvalue weighted by Crippen LogP contribution is -1.94. The third-order valence-corrected chi connectivity index (χ3v) is 1.52.